The Morgan fingerprint density at radius 1 is 1.06 bits per heavy atom. The molecule has 0 radical (unpaired) electrons. The summed E-state index contributed by atoms with van der Waals surface area (Å²) in [4.78, 5) is 19.1. The number of benzene rings is 1. The Bertz CT molecular complexity index is 980. The van der Waals surface area contributed by atoms with Gasteiger partial charge in [-0.3, -0.25) is 4.79 Å². The summed E-state index contributed by atoms with van der Waals surface area (Å²) in [5.41, 5.74) is 3.14. The molecule has 1 N–H and O–H groups in total. The van der Waals surface area contributed by atoms with Crippen molar-refractivity contribution in [1.82, 2.24) is 14.2 Å². The SMILES string of the molecule is CCc1cccc(CC)c1NC(=O)CSc1ccc(S(=O)(=O)N2CCN(C)CC2)cn1. The topological polar surface area (TPSA) is 82.6 Å². The van der Waals surface area contributed by atoms with Crippen molar-refractivity contribution < 1.29 is 13.2 Å². The van der Waals surface area contributed by atoms with Gasteiger partial charge in [-0.2, -0.15) is 4.31 Å². The molecule has 1 saturated heterocycles. The first kappa shape index (κ1) is 23.7. The van der Waals surface area contributed by atoms with Gasteiger partial charge >= 0.3 is 0 Å². The number of anilines is 1. The number of hydrogen-bond acceptors (Lipinski definition) is 6. The molecular formula is C22H30N4O3S2. The van der Waals surface area contributed by atoms with Crippen LogP contribution >= 0.6 is 11.8 Å². The van der Waals surface area contributed by atoms with Gasteiger partial charge in [-0.1, -0.05) is 43.8 Å². The zero-order chi connectivity index (χ0) is 22.4. The average molecular weight is 463 g/mol. The lowest BCUT2D eigenvalue weighted by molar-refractivity contribution is -0.113. The van der Waals surface area contributed by atoms with E-state index >= 15 is 0 Å². The summed E-state index contributed by atoms with van der Waals surface area (Å²) in [7, 11) is -1.55. The highest BCUT2D eigenvalue weighted by Gasteiger charge is 2.27. The number of pyridine rings is 1. The number of carbonyl (C=O) groups excluding carboxylic acids is 1. The summed E-state index contributed by atoms with van der Waals surface area (Å²) in [6, 6.07) is 9.32. The lowest BCUT2D eigenvalue weighted by atomic mass is 10.0. The van der Waals surface area contributed by atoms with Gasteiger partial charge in [0.15, 0.2) is 0 Å². The van der Waals surface area contributed by atoms with Crippen LogP contribution in [0.3, 0.4) is 0 Å². The number of hydrogen-bond donors (Lipinski definition) is 1. The average Bonchev–Trinajstić information content (AvgIpc) is 2.78. The minimum absolute atomic E-state index is 0.100. The number of sulfonamides is 1. The number of amides is 1. The largest absolute Gasteiger partial charge is 0.325 e. The number of nitrogens with one attached hydrogen (secondary N) is 1. The number of rotatable bonds is 8. The molecule has 2 aromatic rings. The molecule has 1 aromatic carbocycles. The van der Waals surface area contributed by atoms with Crippen molar-refractivity contribution in [3.05, 3.63) is 47.7 Å². The Morgan fingerprint density at radius 2 is 1.71 bits per heavy atom. The van der Waals surface area contributed by atoms with Crippen LogP contribution in [0.1, 0.15) is 25.0 Å². The van der Waals surface area contributed by atoms with E-state index in [2.05, 4.69) is 29.0 Å². The Morgan fingerprint density at radius 3 is 2.26 bits per heavy atom. The molecular weight excluding hydrogens is 432 g/mol. The molecule has 1 aromatic heterocycles. The molecule has 7 nitrogen and oxygen atoms in total. The van der Waals surface area contributed by atoms with Crippen LogP contribution in [-0.4, -0.2) is 67.5 Å². The van der Waals surface area contributed by atoms with Crippen molar-refractivity contribution in [1.29, 1.82) is 0 Å². The standard InChI is InChI=1S/C22H30N4O3S2/c1-4-17-7-6-8-18(5-2)22(17)24-20(27)16-30-21-10-9-19(15-23-21)31(28,29)26-13-11-25(3)12-14-26/h6-10,15H,4-5,11-14,16H2,1-3H3,(H,24,27). The number of aromatic nitrogens is 1. The van der Waals surface area contributed by atoms with Crippen molar-refractivity contribution in [3.8, 4) is 0 Å². The fourth-order valence-corrected chi connectivity index (χ4v) is 5.51. The molecule has 9 heteroatoms. The molecule has 31 heavy (non-hydrogen) atoms. The summed E-state index contributed by atoms with van der Waals surface area (Å²) in [6.45, 7) is 6.54. The number of thioether (sulfide) groups is 1. The molecule has 0 bridgehead atoms. The molecule has 3 rings (SSSR count). The minimum atomic E-state index is -3.53. The van der Waals surface area contributed by atoms with Gasteiger partial charge in [0.2, 0.25) is 15.9 Å². The number of carbonyl (C=O) groups is 1. The first-order valence-corrected chi connectivity index (χ1v) is 13.0. The van der Waals surface area contributed by atoms with Crippen LogP contribution in [0.4, 0.5) is 5.69 Å². The summed E-state index contributed by atoms with van der Waals surface area (Å²) in [5, 5.41) is 3.66. The maximum Gasteiger partial charge on any atom is 0.244 e. The third-order valence-corrected chi connectivity index (χ3v) is 8.25. The molecule has 0 aliphatic carbocycles. The van der Waals surface area contributed by atoms with Gasteiger partial charge in [-0.25, -0.2) is 13.4 Å². The van der Waals surface area contributed by atoms with Gasteiger partial charge in [0, 0.05) is 38.1 Å². The van der Waals surface area contributed by atoms with Crippen LogP contribution in [0.2, 0.25) is 0 Å². The number of para-hydroxylation sites is 1. The lowest BCUT2D eigenvalue weighted by Crippen LogP contribution is -2.47. The number of nitrogens with zero attached hydrogens (tertiary/aromatic N) is 3. The van der Waals surface area contributed by atoms with Gasteiger partial charge in [0.25, 0.3) is 0 Å². The number of likely N-dealkylation sites (N-methyl/N-ethyl adjacent to an activating group) is 1. The molecule has 1 aliphatic heterocycles. The second-order valence-electron chi connectivity index (χ2n) is 7.53. The smallest absolute Gasteiger partial charge is 0.244 e. The van der Waals surface area contributed by atoms with E-state index in [1.165, 1.54) is 22.3 Å². The van der Waals surface area contributed by atoms with E-state index in [1.807, 2.05) is 25.2 Å². The number of aryl methyl sites for hydroxylation is 2. The highest BCUT2D eigenvalue weighted by atomic mass is 32.2. The molecule has 0 saturated carbocycles. The van der Waals surface area contributed by atoms with Crippen LogP contribution in [0.25, 0.3) is 0 Å². The third kappa shape index (κ3) is 5.85. The third-order valence-electron chi connectivity index (χ3n) is 5.42. The highest BCUT2D eigenvalue weighted by Crippen LogP contribution is 2.24. The first-order chi connectivity index (χ1) is 14.8. The Balaban J connectivity index is 1.60. The lowest BCUT2D eigenvalue weighted by Gasteiger charge is -2.31. The van der Waals surface area contributed by atoms with Gasteiger partial charge < -0.3 is 10.2 Å². The summed E-state index contributed by atoms with van der Waals surface area (Å²) >= 11 is 1.29. The second kappa shape index (κ2) is 10.6. The first-order valence-electron chi connectivity index (χ1n) is 10.5. The van der Waals surface area contributed by atoms with E-state index in [0.717, 1.165) is 42.7 Å². The van der Waals surface area contributed by atoms with Crippen LogP contribution < -0.4 is 5.32 Å². The van der Waals surface area contributed by atoms with E-state index in [4.69, 9.17) is 0 Å². The normalized spacial score (nSPS) is 15.7. The fraction of sp³-hybridized carbons (Fsp3) is 0.455. The van der Waals surface area contributed by atoms with Gasteiger partial charge in [-0.15, -0.1) is 0 Å². The molecule has 1 amide bonds. The van der Waals surface area contributed by atoms with Crippen molar-refractivity contribution in [3.63, 3.8) is 0 Å². The van der Waals surface area contributed by atoms with Crippen LogP contribution in [0.15, 0.2) is 46.5 Å². The zero-order valence-electron chi connectivity index (χ0n) is 18.3. The minimum Gasteiger partial charge on any atom is -0.325 e. The zero-order valence-corrected chi connectivity index (χ0v) is 19.9. The van der Waals surface area contributed by atoms with Gasteiger partial charge in [0.1, 0.15) is 4.90 Å². The monoisotopic (exact) mass is 462 g/mol. The summed E-state index contributed by atoms with van der Waals surface area (Å²) in [5.74, 6) is 0.107. The van der Waals surface area contributed by atoms with E-state index < -0.39 is 10.0 Å². The Labute approximate surface area is 189 Å². The summed E-state index contributed by atoms with van der Waals surface area (Å²) in [6.07, 6.45) is 3.08. The Hall–Kier alpha value is -1.94. The predicted octanol–water partition coefficient (Wildman–Crippen LogP) is 2.87. The van der Waals surface area contributed by atoms with E-state index in [0.29, 0.717) is 18.1 Å². The Kier molecular flexibility index (Phi) is 8.10. The molecule has 0 spiro atoms. The fourth-order valence-electron chi connectivity index (χ4n) is 3.50. The second-order valence-corrected chi connectivity index (χ2v) is 10.5. The number of piperazine rings is 1. The molecule has 1 fully saturated rings. The molecule has 0 unspecified atom stereocenters. The van der Waals surface area contributed by atoms with Crippen LogP contribution in [0, 0.1) is 0 Å². The van der Waals surface area contributed by atoms with Crippen LogP contribution in [-0.2, 0) is 27.7 Å². The van der Waals surface area contributed by atoms with Gasteiger partial charge in [0.05, 0.1) is 10.8 Å². The van der Waals surface area contributed by atoms with Gasteiger partial charge in [-0.05, 0) is 43.1 Å². The van der Waals surface area contributed by atoms with Crippen molar-refractivity contribution >= 4 is 33.4 Å². The molecule has 168 valence electrons. The quantitative estimate of drug-likeness (QED) is 0.608. The van der Waals surface area contributed by atoms with Crippen LogP contribution in [0.5, 0.6) is 0 Å². The van der Waals surface area contributed by atoms with E-state index in [9.17, 15) is 13.2 Å². The van der Waals surface area contributed by atoms with Crippen molar-refractivity contribution in [2.24, 2.45) is 0 Å². The maximum absolute atomic E-state index is 12.8. The van der Waals surface area contributed by atoms with Crippen molar-refractivity contribution in [2.45, 2.75) is 36.6 Å². The predicted molar refractivity (Wildman–Crippen MR) is 125 cm³/mol. The molecule has 1 aliphatic rings. The van der Waals surface area contributed by atoms with E-state index in [-0.39, 0.29) is 16.6 Å². The highest BCUT2D eigenvalue weighted by molar-refractivity contribution is 7.99. The molecule has 2 heterocycles. The molecule has 0 atom stereocenters. The van der Waals surface area contributed by atoms with E-state index in [1.54, 1.807) is 12.1 Å². The summed E-state index contributed by atoms with van der Waals surface area (Å²) < 4.78 is 27.1. The maximum atomic E-state index is 12.8. The van der Waals surface area contributed by atoms with Crippen molar-refractivity contribution in [2.75, 3.05) is 44.3 Å².